The smallest absolute Gasteiger partial charge is 0.270 e. The second kappa shape index (κ2) is 3.96. The molecule has 20 heavy (non-hydrogen) atoms. The minimum absolute atomic E-state index is 0.0189. The van der Waals surface area contributed by atoms with E-state index in [0.717, 1.165) is 5.56 Å². The maximum atomic E-state index is 12.4. The zero-order valence-corrected chi connectivity index (χ0v) is 10.5. The van der Waals surface area contributed by atoms with Gasteiger partial charge in [0.2, 0.25) is 11.1 Å². The molecule has 0 amide bonds. The van der Waals surface area contributed by atoms with Gasteiger partial charge in [0, 0.05) is 0 Å². The lowest BCUT2D eigenvalue weighted by molar-refractivity contribution is 0.643. The Kier molecular flexibility index (Phi) is 2.38. The van der Waals surface area contributed by atoms with Gasteiger partial charge in [-0.25, -0.2) is 0 Å². The van der Waals surface area contributed by atoms with Crippen molar-refractivity contribution >= 4 is 27.8 Å². The Labute approximate surface area is 112 Å². The molecule has 0 unspecified atom stereocenters. The summed E-state index contributed by atoms with van der Waals surface area (Å²) in [6, 6.07) is 6.80. The molecule has 6 nitrogen and oxygen atoms in total. The number of nitrogen functional groups attached to an aromatic ring is 1. The summed E-state index contributed by atoms with van der Waals surface area (Å²) in [4.78, 5) is 26.5. The van der Waals surface area contributed by atoms with Crippen molar-refractivity contribution in [1.82, 2.24) is 4.98 Å². The third-order valence-corrected chi connectivity index (χ3v) is 3.15. The first-order valence-electron chi connectivity index (χ1n) is 5.82. The van der Waals surface area contributed by atoms with E-state index >= 15 is 0 Å². The summed E-state index contributed by atoms with van der Waals surface area (Å²) in [7, 11) is 0. The van der Waals surface area contributed by atoms with Crippen LogP contribution < -0.4 is 16.7 Å². The predicted octanol–water partition coefficient (Wildman–Crippen LogP) is 1.40. The number of aromatic nitrogens is 1. The number of hydrogen-bond donors (Lipinski definition) is 2. The van der Waals surface area contributed by atoms with Gasteiger partial charge in [-0.3, -0.25) is 14.6 Å². The summed E-state index contributed by atoms with van der Waals surface area (Å²) in [5, 5.41) is 9.29. The fourth-order valence-electron chi connectivity index (χ4n) is 2.16. The van der Waals surface area contributed by atoms with E-state index in [1.54, 1.807) is 24.3 Å². The van der Waals surface area contributed by atoms with E-state index in [1.165, 1.54) is 0 Å². The summed E-state index contributed by atoms with van der Waals surface area (Å²) in [5.41, 5.74) is 5.54. The Morgan fingerprint density at radius 2 is 2.10 bits per heavy atom. The molecule has 0 spiro atoms. The molecule has 0 fully saturated rings. The number of H-pyrrole nitrogens is 1. The number of aryl methyl sites for hydroxylation is 1. The molecule has 2 aromatic heterocycles. The van der Waals surface area contributed by atoms with Crippen LogP contribution in [0.1, 0.15) is 11.1 Å². The average Bonchev–Trinajstić information content (AvgIpc) is 2.38. The van der Waals surface area contributed by atoms with Gasteiger partial charge in [0.1, 0.15) is 22.6 Å². The van der Waals surface area contributed by atoms with Crippen LogP contribution in [0.15, 0.2) is 32.2 Å². The van der Waals surface area contributed by atoms with Crippen molar-refractivity contribution < 1.29 is 4.42 Å². The number of nitrogens with two attached hydrogens (primary N) is 1. The molecule has 0 aliphatic rings. The average molecular weight is 267 g/mol. The Balaban J connectivity index is 2.65. The van der Waals surface area contributed by atoms with Gasteiger partial charge < -0.3 is 10.2 Å². The van der Waals surface area contributed by atoms with Crippen molar-refractivity contribution in [2.24, 2.45) is 0 Å². The van der Waals surface area contributed by atoms with E-state index in [1.807, 2.05) is 6.92 Å². The summed E-state index contributed by atoms with van der Waals surface area (Å²) in [5.74, 6) is 0. The topological polar surface area (TPSA) is 113 Å². The number of fused-ring (bicyclic) bond motifs is 2. The van der Waals surface area contributed by atoms with Crippen LogP contribution in [0.3, 0.4) is 0 Å². The lowest BCUT2D eigenvalue weighted by Gasteiger charge is -2.05. The van der Waals surface area contributed by atoms with Gasteiger partial charge in [0.05, 0.1) is 11.1 Å². The number of nitrogens with zero attached hydrogens (tertiary/aromatic N) is 1. The maximum absolute atomic E-state index is 12.4. The number of hydrogen-bond acceptors (Lipinski definition) is 5. The first-order valence-corrected chi connectivity index (χ1v) is 5.82. The molecule has 6 heteroatoms. The van der Waals surface area contributed by atoms with Crippen LogP contribution in [0.25, 0.3) is 22.1 Å². The highest BCUT2D eigenvalue weighted by Gasteiger charge is 2.16. The van der Waals surface area contributed by atoms with E-state index in [9.17, 15) is 9.59 Å². The number of pyridine rings is 1. The minimum Gasteiger partial charge on any atom is -0.439 e. The van der Waals surface area contributed by atoms with Crippen LogP contribution in [0.2, 0.25) is 0 Å². The van der Waals surface area contributed by atoms with Crippen LogP contribution >= 0.6 is 0 Å². The molecular formula is C14H9N3O3. The lowest BCUT2D eigenvalue weighted by Crippen LogP contribution is -2.17. The molecule has 3 rings (SSSR count). The molecule has 0 atom stereocenters. The summed E-state index contributed by atoms with van der Waals surface area (Å²) in [6.07, 6.45) is 0. The molecule has 0 radical (unpaired) electrons. The van der Waals surface area contributed by atoms with Gasteiger partial charge in [0.15, 0.2) is 0 Å². The quantitative estimate of drug-likeness (QED) is 0.597. The number of nitriles is 1. The zero-order chi connectivity index (χ0) is 14.4. The Bertz CT molecular complexity index is 1020. The van der Waals surface area contributed by atoms with E-state index < -0.39 is 5.56 Å². The van der Waals surface area contributed by atoms with Crippen molar-refractivity contribution in [1.29, 1.82) is 5.26 Å². The molecule has 3 N–H and O–H groups in total. The molecule has 0 saturated heterocycles. The van der Waals surface area contributed by atoms with E-state index in [2.05, 4.69) is 4.98 Å². The highest BCUT2D eigenvalue weighted by atomic mass is 16.3. The number of aromatic amines is 1. The van der Waals surface area contributed by atoms with Crippen molar-refractivity contribution in [2.45, 2.75) is 6.92 Å². The van der Waals surface area contributed by atoms with Gasteiger partial charge in [0.25, 0.3) is 5.56 Å². The van der Waals surface area contributed by atoms with E-state index in [4.69, 9.17) is 15.4 Å². The van der Waals surface area contributed by atoms with Crippen molar-refractivity contribution in [2.75, 3.05) is 5.73 Å². The lowest BCUT2D eigenvalue weighted by atomic mass is 10.1. The van der Waals surface area contributed by atoms with Crippen molar-refractivity contribution in [3.8, 4) is 6.07 Å². The van der Waals surface area contributed by atoms with Crippen LogP contribution in [0.4, 0.5) is 5.69 Å². The molecule has 2 heterocycles. The predicted molar refractivity (Wildman–Crippen MR) is 74.5 cm³/mol. The molecule has 0 saturated carbocycles. The number of anilines is 1. The van der Waals surface area contributed by atoms with Crippen LogP contribution in [-0.4, -0.2) is 4.98 Å². The van der Waals surface area contributed by atoms with Gasteiger partial charge >= 0.3 is 0 Å². The van der Waals surface area contributed by atoms with Crippen LogP contribution in [0.5, 0.6) is 0 Å². The fraction of sp³-hybridized carbons (Fsp3) is 0.0714. The monoisotopic (exact) mass is 267 g/mol. The molecular weight excluding hydrogens is 258 g/mol. The summed E-state index contributed by atoms with van der Waals surface area (Å²) in [6.45, 7) is 1.86. The van der Waals surface area contributed by atoms with Gasteiger partial charge in [-0.2, -0.15) is 5.26 Å². The van der Waals surface area contributed by atoms with Crippen LogP contribution in [-0.2, 0) is 0 Å². The third-order valence-electron chi connectivity index (χ3n) is 3.15. The fourth-order valence-corrected chi connectivity index (χ4v) is 2.16. The van der Waals surface area contributed by atoms with Crippen molar-refractivity contribution in [3.05, 3.63) is 49.9 Å². The maximum Gasteiger partial charge on any atom is 0.270 e. The number of nitrogens with one attached hydrogen (secondary N) is 1. The van der Waals surface area contributed by atoms with Gasteiger partial charge in [-0.05, 0) is 24.6 Å². The Morgan fingerprint density at radius 1 is 1.35 bits per heavy atom. The minimum atomic E-state index is -0.673. The molecule has 98 valence electrons. The first kappa shape index (κ1) is 12.0. The van der Waals surface area contributed by atoms with Gasteiger partial charge in [-0.15, -0.1) is 0 Å². The highest BCUT2D eigenvalue weighted by Crippen LogP contribution is 2.22. The molecule has 1 aromatic carbocycles. The van der Waals surface area contributed by atoms with E-state index in [0.29, 0.717) is 11.0 Å². The summed E-state index contributed by atoms with van der Waals surface area (Å²) >= 11 is 0. The molecule has 0 aliphatic heterocycles. The largest absolute Gasteiger partial charge is 0.439 e. The molecule has 0 bridgehead atoms. The van der Waals surface area contributed by atoms with Crippen molar-refractivity contribution in [3.63, 3.8) is 0 Å². The highest BCUT2D eigenvalue weighted by molar-refractivity contribution is 5.96. The first-order chi connectivity index (χ1) is 9.52. The second-order valence-electron chi connectivity index (χ2n) is 4.49. The normalized spacial score (nSPS) is 10.8. The molecule has 3 aromatic rings. The Hall–Kier alpha value is -3.07. The third kappa shape index (κ3) is 1.50. The number of rotatable bonds is 0. The van der Waals surface area contributed by atoms with Gasteiger partial charge in [-0.1, -0.05) is 6.07 Å². The number of benzene rings is 1. The molecule has 0 aliphatic carbocycles. The second-order valence-corrected chi connectivity index (χ2v) is 4.49. The standard InChI is InChI=1S/C14H9N3O3/c1-6-2-3-7-9(4-6)20-14-10(12(7)18)11(16)8(5-15)13(19)17-14/h2-4H,1H3,(H3,16,17,19). The van der Waals surface area contributed by atoms with E-state index in [-0.39, 0.29) is 27.8 Å². The summed E-state index contributed by atoms with van der Waals surface area (Å²) < 4.78 is 5.52. The van der Waals surface area contributed by atoms with Crippen LogP contribution in [0, 0.1) is 18.3 Å². The SMILES string of the molecule is Cc1ccc2c(=O)c3c(N)c(C#N)c(=O)[nH]c3oc2c1. The zero-order valence-electron chi connectivity index (χ0n) is 10.5. The Morgan fingerprint density at radius 3 is 2.80 bits per heavy atom.